The summed E-state index contributed by atoms with van der Waals surface area (Å²) in [6, 6.07) is 4.29. The van der Waals surface area contributed by atoms with Crippen molar-refractivity contribution in [3.8, 4) is 0 Å². The summed E-state index contributed by atoms with van der Waals surface area (Å²) < 4.78 is 7.80. The van der Waals surface area contributed by atoms with Crippen LogP contribution in [0.4, 0.5) is 5.82 Å². The van der Waals surface area contributed by atoms with Crippen molar-refractivity contribution >= 4 is 17.8 Å². The molecular weight excluding hydrogens is 324 g/mol. The van der Waals surface area contributed by atoms with Crippen molar-refractivity contribution in [2.75, 3.05) is 18.9 Å². The second-order valence-electron chi connectivity index (χ2n) is 7.10. The molecule has 1 amide bonds. The number of pyridine rings is 2. The van der Waals surface area contributed by atoms with E-state index in [1.54, 1.807) is 6.20 Å². The first-order valence-corrected chi connectivity index (χ1v) is 9.20. The zero-order chi connectivity index (χ0) is 18.9. The normalized spacial score (nSPS) is 21.1. The third kappa shape index (κ3) is 2.92. The Morgan fingerprint density at radius 1 is 1.38 bits per heavy atom. The Labute approximate surface area is 155 Å². The molecule has 1 aliphatic heterocycles. The molecule has 0 radical (unpaired) electrons. The lowest BCUT2D eigenvalue weighted by Crippen LogP contribution is -2.35. The SMILES string of the molecule is [2H]c1cnc2c(c1)C[C@@]1(C2)C(=O)Nc2ncc(/C=C/CCCCNC)cc21. The number of unbranched alkanes of at least 4 members (excludes halogenated alkanes) is 2. The maximum absolute atomic E-state index is 12.8. The van der Waals surface area contributed by atoms with Gasteiger partial charge in [-0.25, -0.2) is 4.98 Å². The van der Waals surface area contributed by atoms with E-state index in [1.165, 1.54) is 0 Å². The molecule has 0 bridgehead atoms. The molecule has 3 heterocycles. The van der Waals surface area contributed by atoms with Gasteiger partial charge in [0.05, 0.1) is 6.79 Å². The smallest absolute Gasteiger partial charge is 0.237 e. The number of hydrogen-bond donors (Lipinski definition) is 2. The zero-order valence-corrected chi connectivity index (χ0v) is 15.0. The average Bonchev–Trinajstić information content (AvgIpc) is 3.16. The summed E-state index contributed by atoms with van der Waals surface area (Å²) in [5.41, 5.74) is 3.25. The maximum atomic E-state index is 12.8. The Morgan fingerprint density at radius 3 is 3.19 bits per heavy atom. The Kier molecular flexibility index (Phi) is 4.23. The fraction of sp³-hybridized carbons (Fsp3) is 0.381. The van der Waals surface area contributed by atoms with Crippen molar-refractivity contribution in [3.63, 3.8) is 0 Å². The lowest BCUT2D eigenvalue weighted by atomic mass is 9.79. The Bertz CT molecular complexity index is 911. The van der Waals surface area contributed by atoms with Crippen LogP contribution in [0.5, 0.6) is 0 Å². The third-order valence-electron chi connectivity index (χ3n) is 5.33. The number of aromatic nitrogens is 2. The molecule has 0 aromatic carbocycles. The van der Waals surface area contributed by atoms with Gasteiger partial charge in [-0.05, 0) is 62.5 Å². The van der Waals surface area contributed by atoms with Crippen molar-refractivity contribution < 1.29 is 6.17 Å². The first kappa shape index (κ1) is 15.7. The van der Waals surface area contributed by atoms with Gasteiger partial charge >= 0.3 is 0 Å². The second kappa shape index (κ2) is 7.00. The number of carbonyl (C=O) groups excluding carboxylic acids is 1. The van der Waals surface area contributed by atoms with Gasteiger partial charge in [-0.3, -0.25) is 9.78 Å². The summed E-state index contributed by atoms with van der Waals surface area (Å²) >= 11 is 0. The molecule has 4 rings (SSSR count). The molecule has 2 N–H and O–H groups in total. The Hall–Kier alpha value is -2.53. The topological polar surface area (TPSA) is 66.9 Å². The molecule has 2 aromatic heterocycles. The van der Waals surface area contributed by atoms with Gasteiger partial charge in [-0.1, -0.05) is 18.2 Å². The van der Waals surface area contributed by atoms with E-state index in [1.807, 2.05) is 19.3 Å². The first-order valence-electron chi connectivity index (χ1n) is 9.70. The number of anilines is 1. The van der Waals surface area contributed by atoms with E-state index in [0.717, 1.165) is 48.2 Å². The molecule has 5 heteroatoms. The molecular formula is C21H24N4O. The van der Waals surface area contributed by atoms with E-state index < -0.39 is 5.41 Å². The molecule has 1 aliphatic carbocycles. The van der Waals surface area contributed by atoms with Gasteiger partial charge in [0.1, 0.15) is 5.82 Å². The molecule has 5 nitrogen and oxygen atoms in total. The Morgan fingerprint density at radius 2 is 2.31 bits per heavy atom. The van der Waals surface area contributed by atoms with Crippen LogP contribution >= 0.6 is 0 Å². The van der Waals surface area contributed by atoms with Crippen molar-refractivity contribution in [2.24, 2.45) is 0 Å². The molecule has 0 saturated heterocycles. The second-order valence-corrected chi connectivity index (χ2v) is 7.10. The van der Waals surface area contributed by atoms with E-state index in [-0.39, 0.29) is 5.91 Å². The molecule has 0 unspecified atom stereocenters. The molecule has 134 valence electrons. The van der Waals surface area contributed by atoms with E-state index >= 15 is 0 Å². The first-order chi connectivity index (χ1) is 13.1. The average molecular weight is 349 g/mol. The van der Waals surface area contributed by atoms with Crippen molar-refractivity contribution in [1.29, 1.82) is 0 Å². The molecule has 0 fully saturated rings. The van der Waals surface area contributed by atoms with Crippen LogP contribution in [0, 0.1) is 0 Å². The molecule has 26 heavy (non-hydrogen) atoms. The minimum Gasteiger partial charge on any atom is -0.320 e. The number of hydrogen-bond acceptors (Lipinski definition) is 4. The highest BCUT2D eigenvalue weighted by Gasteiger charge is 2.51. The van der Waals surface area contributed by atoms with Gasteiger partial charge < -0.3 is 10.6 Å². The molecule has 2 aliphatic rings. The van der Waals surface area contributed by atoms with Crippen LogP contribution in [0.2, 0.25) is 0 Å². The standard InChI is InChI=1S/C21H24N4O/c1-22-9-5-3-2-4-7-15-11-17-19(24-14-15)25-20(26)21(17)12-16-8-6-10-23-18(16)13-21/h4,6-8,10-11,14,22H,2-3,5,9,12-13H2,1H3,(H,24,25,26)/b7-4+/t21-/m0/s1/i6D. The van der Waals surface area contributed by atoms with Crippen LogP contribution in [0.1, 0.15) is 43.0 Å². The minimum atomic E-state index is -0.637. The number of rotatable bonds is 6. The third-order valence-corrected chi connectivity index (χ3v) is 5.33. The van der Waals surface area contributed by atoms with Crippen LogP contribution in [0.3, 0.4) is 0 Å². The molecule has 1 atom stereocenters. The van der Waals surface area contributed by atoms with Crippen LogP contribution in [-0.2, 0) is 23.1 Å². The van der Waals surface area contributed by atoms with Crippen molar-refractivity contribution in [3.05, 3.63) is 59.0 Å². The van der Waals surface area contributed by atoms with Gasteiger partial charge in [0.15, 0.2) is 0 Å². The largest absolute Gasteiger partial charge is 0.320 e. The van der Waals surface area contributed by atoms with Crippen molar-refractivity contribution in [1.82, 2.24) is 15.3 Å². The fourth-order valence-electron chi connectivity index (χ4n) is 3.93. The lowest BCUT2D eigenvalue weighted by molar-refractivity contribution is -0.120. The van der Waals surface area contributed by atoms with Gasteiger partial charge in [0.2, 0.25) is 5.91 Å². The summed E-state index contributed by atoms with van der Waals surface area (Å²) in [6.07, 6.45) is 12.1. The van der Waals surface area contributed by atoms with Gasteiger partial charge in [-0.15, -0.1) is 0 Å². The van der Waals surface area contributed by atoms with Crippen LogP contribution < -0.4 is 10.6 Å². The lowest BCUT2D eigenvalue weighted by Gasteiger charge is -2.20. The number of fused-ring (bicyclic) bond motifs is 3. The molecule has 0 saturated carbocycles. The fourth-order valence-corrected chi connectivity index (χ4v) is 3.93. The van der Waals surface area contributed by atoms with Gasteiger partial charge in [-0.2, -0.15) is 0 Å². The Balaban J connectivity index is 1.56. The highest BCUT2D eigenvalue weighted by Crippen LogP contribution is 2.46. The highest BCUT2D eigenvalue weighted by atomic mass is 16.2. The van der Waals surface area contributed by atoms with Crippen LogP contribution in [-0.4, -0.2) is 29.5 Å². The number of allylic oxidation sites excluding steroid dienone is 1. The predicted octanol–water partition coefficient (Wildman–Crippen LogP) is 2.87. The summed E-state index contributed by atoms with van der Waals surface area (Å²) in [5.74, 6) is 0.646. The summed E-state index contributed by atoms with van der Waals surface area (Å²) in [6.45, 7) is 1.04. The number of nitrogens with one attached hydrogen (secondary N) is 2. The van der Waals surface area contributed by atoms with Crippen LogP contribution in [0.25, 0.3) is 6.08 Å². The predicted molar refractivity (Wildman–Crippen MR) is 103 cm³/mol. The number of nitrogens with zero attached hydrogens (tertiary/aromatic N) is 2. The quantitative estimate of drug-likeness (QED) is 0.787. The molecule has 1 spiro atoms. The van der Waals surface area contributed by atoms with Gasteiger partial charge in [0.25, 0.3) is 0 Å². The highest BCUT2D eigenvalue weighted by molar-refractivity contribution is 6.06. The van der Waals surface area contributed by atoms with Crippen LogP contribution in [0.15, 0.2) is 36.6 Å². The van der Waals surface area contributed by atoms with E-state index in [4.69, 9.17) is 1.37 Å². The zero-order valence-electron chi connectivity index (χ0n) is 16.0. The molecule has 2 aromatic rings. The summed E-state index contributed by atoms with van der Waals surface area (Å²) in [5, 5.41) is 6.10. The van der Waals surface area contributed by atoms with E-state index in [9.17, 15) is 4.79 Å². The minimum absolute atomic E-state index is 0.0114. The van der Waals surface area contributed by atoms with E-state index in [0.29, 0.717) is 24.7 Å². The van der Waals surface area contributed by atoms with Gasteiger partial charge in [0, 0.05) is 30.1 Å². The van der Waals surface area contributed by atoms with E-state index in [2.05, 4.69) is 38.8 Å². The van der Waals surface area contributed by atoms with Crippen molar-refractivity contribution in [2.45, 2.75) is 37.5 Å². The number of amides is 1. The number of carbonyl (C=O) groups is 1. The maximum Gasteiger partial charge on any atom is 0.237 e. The summed E-state index contributed by atoms with van der Waals surface area (Å²) in [7, 11) is 1.97. The summed E-state index contributed by atoms with van der Waals surface area (Å²) in [4.78, 5) is 21.7. The monoisotopic (exact) mass is 349 g/mol.